The number of rotatable bonds is 2. The molecule has 1 aliphatic rings. The maximum absolute atomic E-state index is 13.0. The SMILES string of the molecule is CC(O)(C1=COCCC1)c1cncc(F)c1. The first-order chi connectivity index (χ1) is 7.60. The summed E-state index contributed by atoms with van der Waals surface area (Å²) < 4.78 is 18.2. The van der Waals surface area contributed by atoms with E-state index >= 15 is 0 Å². The fourth-order valence-electron chi connectivity index (χ4n) is 1.79. The Hall–Kier alpha value is -1.42. The van der Waals surface area contributed by atoms with Crippen LogP contribution >= 0.6 is 0 Å². The number of aliphatic hydroxyl groups is 1. The molecule has 4 heteroatoms. The minimum atomic E-state index is -1.21. The van der Waals surface area contributed by atoms with Gasteiger partial charge in [-0.2, -0.15) is 0 Å². The monoisotopic (exact) mass is 223 g/mol. The van der Waals surface area contributed by atoms with Gasteiger partial charge < -0.3 is 9.84 Å². The van der Waals surface area contributed by atoms with Crippen LogP contribution in [0.5, 0.6) is 0 Å². The quantitative estimate of drug-likeness (QED) is 0.835. The van der Waals surface area contributed by atoms with Crippen LogP contribution in [0, 0.1) is 5.82 Å². The Bertz CT molecular complexity index is 415. The zero-order valence-electron chi connectivity index (χ0n) is 9.11. The molecule has 86 valence electrons. The van der Waals surface area contributed by atoms with Crippen molar-refractivity contribution in [2.45, 2.75) is 25.4 Å². The molecule has 3 nitrogen and oxygen atoms in total. The molecule has 1 unspecified atom stereocenters. The standard InChI is InChI=1S/C12H14FNO2/c1-12(15,9-3-2-4-16-8-9)10-5-11(13)7-14-6-10/h5-8,15H,2-4H2,1H3. The highest BCUT2D eigenvalue weighted by molar-refractivity contribution is 5.29. The molecule has 0 amide bonds. The summed E-state index contributed by atoms with van der Waals surface area (Å²) in [5.41, 5.74) is -0.00870. The predicted molar refractivity (Wildman–Crippen MR) is 57.0 cm³/mol. The predicted octanol–water partition coefficient (Wildman–Crippen LogP) is 2.12. The Kier molecular flexibility index (Phi) is 2.92. The topological polar surface area (TPSA) is 42.4 Å². The van der Waals surface area contributed by atoms with Gasteiger partial charge in [0.25, 0.3) is 0 Å². The van der Waals surface area contributed by atoms with E-state index in [1.807, 2.05) is 0 Å². The normalized spacial score (nSPS) is 19.6. The van der Waals surface area contributed by atoms with Crippen molar-refractivity contribution in [1.82, 2.24) is 4.98 Å². The number of aromatic nitrogens is 1. The summed E-state index contributed by atoms with van der Waals surface area (Å²) in [7, 11) is 0. The first-order valence-electron chi connectivity index (χ1n) is 5.25. The molecule has 0 fully saturated rings. The number of halogens is 1. The Morgan fingerprint density at radius 3 is 2.94 bits per heavy atom. The summed E-state index contributed by atoms with van der Waals surface area (Å²) in [6.07, 6.45) is 5.77. The van der Waals surface area contributed by atoms with E-state index in [2.05, 4.69) is 4.98 Å². The molecule has 16 heavy (non-hydrogen) atoms. The van der Waals surface area contributed by atoms with E-state index in [1.54, 1.807) is 13.2 Å². The summed E-state index contributed by atoms with van der Waals surface area (Å²) in [5, 5.41) is 10.4. The summed E-state index contributed by atoms with van der Waals surface area (Å²) in [4.78, 5) is 3.74. The van der Waals surface area contributed by atoms with Crippen molar-refractivity contribution in [2.24, 2.45) is 0 Å². The number of pyridine rings is 1. The van der Waals surface area contributed by atoms with Gasteiger partial charge in [-0.3, -0.25) is 4.98 Å². The van der Waals surface area contributed by atoms with E-state index in [-0.39, 0.29) is 0 Å². The van der Waals surface area contributed by atoms with Crippen LogP contribution in [0.2, 0.25) is 0 Å². The van der Waals surface area contributed by atoms with Gasteiger partial charge in [-0.15, -0.1) is 0 Å². The lowest BCUT2D eigenvalue weighted by Gasteiger charge is -2.28. The van der Waals surface area contributed by atoms with Crippen molar-refractivity contribution in [2.75, 3.05) is 6.61 Å². The zero-order chi connectivity index (χ0) is 11.6. The second kappa shape index (κ2) is 4.22. The van der Waals surface area contributed by atoms with E-state index in [1.165, 1.54) is 12.3 Å². The second-order valence-electron chi connectivity index (χ2n) is 4.08. The van der Waals surface area contributed by atoms with Crippen LogP contribution in [-0.4, -0.2) is 16.7 Å². The Balaban J connectivity index is 2.33. The smallest absolute Gasteiger partial charge is 0.141 e. The number of hydrogen-bond donors (Lipinski definition) is 1. The molecule has 0 aromatic carbocycles. The van der Waals surface area contributed by atoms with E-state index in [0.717, 1.165) is 24.6 Å². The van der Waals surface area contributed by atoms with Gasteiger partial charge in [0.1, 0.15) is 11.4 Å². The fraction of sp³-hybridized carbons (Fsp3) is 0.417. The maximum atomic E-state index is 13.0. The van der Waals surface area contributed by atoms with Crippen LogP contribution in [0.3, 0.4) is 0 Å². The maximum Gasteiger partial charge on any atom is 0.141 e. The van der Waals surface area contributed by atoms with Crippen molar-refractivity contribution in [3.05, 3.63) is 41.7 Å². The van der Waals surface area contributed by atoms with Gasteiger partial charge >= 0.3 is 0 Å². The third-order valence-electron chi connectivity index (χ3n) is 2.83. The van der Waals surface area contributed by atoms with Gasteiger partial charge in [-0.1, -0.05) is 0 Å². The lowest BCUT2D eigenvalue weighted by Crippen LogP contribution is -2.26. The second-order valence-corrected chi connectivity index (χ2v) is 4.08. The molecule has 1 atom stereocenters. The van der Waals surface area contributed by atoms with Gasteiger partial charge in [0.05, 0.1) is 19.1 Å². The highest BCUT2D eigenvalue weighted by Gasteiger charge is 2.30. The van der Waals surface area contributed by atoms with Gasteiger partial charge in [0.2, 0.25) is 0 Å². The van der Waals surface area contributed by atoms with E-state index in [9.17, 15) is 9.50 Å². The van der Waals surface area contributed by atoms with Gasteiger partial charge in [0, 0.05) is 17.3 Å². The average Bonchev–Trinajstić information content (AvgIpc) is 2.30. The molecule has 0 saturated heterocycles. The molecule has 2 heterocycles. The van der Waals surface area contributed by atoms with Crippen LogP contribution in [-0.2, 0) is 10.3 Å². The third kappa shape index (κ3) is 2.07. The van der Waals surface area contributed by atoms with Crippen LogP contribution in [0.4, 0.5) is 4.39 Å². The van der Waals surface area contributed by atoms with Crippen molar-refractivity contribution < 1.29 is 14.2 Å². The van der Waals surface area contributed by atoms with Gasteiger partial charge in [-0.05, 0) is 25.8 Å². The van der Waals surface area contributed by atoms with Crippen molar-refractivity contribution in [1.29, 1.82) is 0 Å². The van der Waals surface area contributed by atoms with Crippen molar-refractivity contribution >= 4 is 0 Å². The van der Waals surface area contributed by atoms with E-state index < -0.39 is 11.4 Å². The van der Waals surface area contributed by atoms with Crippen LogP contribution in [0.15, 0.2) is 30.3 Å². The molecule has 0 radical (unpaired) electrons. The van der Waals surface area contributed by atoms with Crippen molar-refractivity contribution in [3.63, 3.8) is 0 Å². The summed E-state index contributed by atoms with van der Waals surface area (Å²) in [6, 6.07) is 1.29. The largest absolute Gasteiger partial charge is 0.501 e. The molecular formula is C12H14FNO2. The van der Waals surface area contributed by atoms with Gasteiger partial charge in [0.15, 0.2) is 0 Å². The Labute approximate surface area is 93.6 Å². The number of nitrogens with zero attached hydrogens (tertiary/aromatic N) is 1. The molecule has 0 bridgehead atoms. The third-order valence-corrected chi connectivity index (χ3v) is 2.83. The molecular weight excluding hydrogens is 209 g/mol. The van der Waals surface area contributed by atoms with E-state index in [4.69, 9.17) is 4.74 Å². The lowest BCUT2D eigenvalue weighted by atomic mass is 9.86. The average molecular weight is 223 g/mol. The summed E-state index contributed by atoms with van der Waals surface area (Å²) >= 11 is 0. The summed E-state index contributed by atoms with van der Waals surface area (Å²) in [5.74, 6) is -0.449. The molecule has 1 N–H and O–H groups in total. The molecule has 0 aliphatic carbocycles. The van der Waals surface area contributed by atoms with Gasteiger partial charge in [-0.25, -0.2) is 4.39 Å². The molecule has 1 aromatic heterocycles. The minimum absolute atomic E-state index is 0.448. The molecule has 0 saturated carbocycles. The fourth-order valence-corrected chi connectivity index (χ4v) is 1.79. The van der Waals surface area contributed by atoms with Crippen molar-refractivity contribution in [3.8, 4) is 0 Å². The first kappa shape index (κ1) is 11.1. The molecule has 2 rings (SSSR count). The highest BCUT2D eigenvalue weighted by atomic mass is 19.1. The first-order valence-corrected chi connectivity index (χ1v) is 5.25. The van der Waals surface area contributed by atoms with E-state index in [0.29, 0.717) is 12.2 Å². The Morgan fingerprint density at radius 1 is 1.50 bits per heavy atom. The summed E-state index contributed by atoms with van der Waals surface area (Å²) in [6.45, 7) is 2.30. The minimum Gasteiger partial charge on any atom is -0.501 e. The molecule has 0 spiro atoms. The number of hydrogen-bond acceptors (Lipinski definition) is 3. The number of ether oxygens (including phenoxy) is 1. The van der Waals surface area contributed by atoms with Crippen LogP contribution in [0.25, 0.3) is 0 Å². The Morgan fingerprint density at radius 2 is 2.31 bits per heavy atom. The van der Waals surface area contributed by atoms with Crippen LogP contribution in [0.1, 0.15) is 25.3 Å². The van der Waals surface area contributed by atoms with Crippen LogP contribution < -0.4 is 0 Å². The highest BCUT2D eigenvalue weighted by Crippen LogP contribution is 2.33. The lowest BCUT2D eigenvalue weighted by molar-refractivity contribution is 0.0779. The zero-order valence-corrected chi connectivity index (χ0v) is 9.11. The molecule has 1 aromatic rings. The molecule has 1 aliphatic heterocycles.